The van der Waals surface area contributed by atoms with E-state index in [1.807, 2.05) is 32.0 Å². The predicted molar refractivity (Wildman–Crippen MR) is 84.9 cm³/mol. The van der Waals surface area contributed by atoms with Crippen LogP contribution in [0.2, 0.25) is 19.6 Å². The summed E-state index contributed by atoms with van der Waals surface area (Å²) in [5.41, 5.74) is 0.437. The Kier molecular flexibility index (Phi) is 5.26. The summed E-state index contributed by atoms with van der Waals surface area (Å²) >= 11 is 0. The van der Waals surface area contributed by atoms with Crippen LogP contribution in [-0.2, 0) is 4.43 Å². The van der Waals surface area contributed by atoms with Crippen molar-refractivity contribution in [1.82, 2.24) is 0 Å². The van der Waals surface area contributed by atoms with E-state index in [9.17, 15) is 0 Å². The molecule has 0 amide bonds. The van der Waals surface area contributed by atoms with Gasteiger partial charge < -0.3 is 13.9 Å². The number of methoxy groups -OCH3 is 2. The molecular weight excluding hydrogens is 268 g/mol. The fourth-order valence-corrected chi connectivity index (χ4v) is 3.51. The van der Waals surface area contributed by atoms with Crippen molar-refractivity contribution < 1.29 is 13.9 Å². The van der Waals surface area contributed by atoms with Gasteiger partial charge in [-0.25, -0.2) is 0 Å². The van der Waals surface area contributed by atoms with Crippen LogP contribution in [0, 0.1) is 11.8 Å². The molecule has 0 N–H and O–H groups in total. The van der Waals surface area contributed by atoms with Crippen molar-refractivity contribution >= 4 is 8.32 Å². The van der Waals surface area contributed by atoms with Crippen molar-refractivity contribution in [3.8, 4) is 23.3 Å². The topological polar surface area (TPSA) is 27.7 Å². The first kappa shape index (κ1) is 16.6. The van der Waals surface area contributed by atoms with Crippen LogP contribution in [0.1, 0.15) is 19.4 Å². The van der Waals surface area contributed by atoms with Crippen molar-refractivity contribution in [2.45, 2.75) is 39.1 Å². The van der Waals surface area contributed by atoms with Crippen LogP contribution in [0.15, 0.2) is 18.2 Å². The third kappa shape index (κ3) is 5.28. The number of rotatable bonds is 4. The van der Waals surface area contributed by atoms with E-state index in [0.717, 1.165) is 5.56 Å². The summed E-state index contributed by atoms with van der Waals surface area (Å²) in [6.45, 7) is 10.5. The van der Waals surface area contributed by atoms with Gasteiger partial charge in [0, 0.05) is 5.56 Å². The average molecular weight is 292 g/mol. The smallest absolute Gasteiger partial charge is 0.185 e. The lowest BCUT2D eigenvalue weighted by Gasteiger charge is -2.28. The minimum absolute atomic E-state index is 0.447. The molecule has 0 saturated carbocycles. The lowest BCUT2D eigenvalue weighted by Crippen LogP contribution is -2.37. The molecule has 1 aromatic rings. The van der Waals surface area contributed by atoms with Crippen LogP contribution in [0.5, 0.6) is 11.5 Å². The molecule has 0 heterocycles. The fraction of sp³-hybridized carbons (Fsp3) is 0.500. The van der Waals surface area contributed by atoms with Gasteiger partial charge in [0.15, 0.2) is 19.8 Å². The van der Waals surface area contributed by atoms with Crippen LogP contribution >= 0.6 is 0 Å². The first-order valence-electron chi connectivity index (χ1n) is 6.62. The summed E-state index contributed by atoms with van der Waals surface area (Å²) in [7, 11) is 1.63. The Morgan fingerprint density at radius 2 is 1.60 bits per heavy atom. The van der Waals surface area contributed by atoms with E-state index in [0.29, 0.717) is 11.5 Å². The Morgan fingerprint density at radius 1 is 1.00 bits per heavy atom. The minimum Gasteiger partial charge on any atom is -0.493 e. The lowest BCUT2D eigenvalue weighted by atomic mass is 10.1. The van der Waals surface area contributed by atoms with Crippen LogP contribution in [0.25, 0.3) is 0 Å². The highest BCUT2D eigenvalue weighted by atomic mass is 28.4. The molecule has 110 valence electrons. The molecule has 0 spiro atoms. The van der Waals surface area contributed by atoms with E-state index in [2.05, 4.69) is 31.5 Å². The summed E-state index contributed by atoms with van der Waals surface area (Å²) in [4.78, 5) is 0. The average Bonchev–Trinajstić information content (AvgIpc) is 2.33. The van der Waals surface area contributed by atoms with Crippen molar-refractivity contribution in [3.05, 3.63) is 23.8 Å². The van der Waals surface area contributed by atoms with Crippen LogP contribution < -0.4 is 9.47 Å². The van der Waals surface area contributed by atoms with Crippen molar-refractivity contribution in [3.63, 3.8) is 0 Å². The third-order valence-electron chi connectivity index (χ3n) is 2.45. The van der Waals surface area contributed by atoms with Crippen LogP contribution in [0.4, 0.5) is 0 Å². The normalized spacial score (nSPS) is 11.6. The zero-order chi connectivity index (χ0) is 15.4. The highest BCUT2D eigenvalue weighted by molar-refractivity contribution is 6.69. The van der Waals surface area contributed by atoms with Gasteiger partial charge in [0.2, 0.25) is 0 Å². The highest BCUT2D eigenvalue weighted by Crippen LogP contribution is 2.27. The van der Waals surface area contributed by atoms with Gasteiger partial charge in [-0.05, 0) is 51.7 Å². The van der Waals surface area contributed by atoms with Gasteiger partial charge in [-0.1, -0.05) is 11.8 Å². The molecule has 3 nitrogen and oxygen atoms in total. The van der Waals surface area contributed by atoms with Gasteiger partial charge in [-0.3, -0.25) is 0 Å². The lowest BCUT2D eigenvalue weighted by molar-refractivity contribution is 0.164. The molecule has 4 heteroatoms. The fourth-order valence-electron chi connectivity index (χ4n) is 1.93. The second kappa shape index (κ2) is 6.34. The van der Waals surface area contributed by atoms with Gasteiger partial charge in [0.1, 0.15) is 5.60 Å². The zero-order valence-corrected chi connectivity index (χ0v) is 14.5. The first-order valence-corrected chi connectivity index (χ1v) is 10.0. The minimum atomic E-state index is -1.61. The van der Waals surface area contributed by atoms with Gasteiger partial charge >= 0.3 is 0 Å². The second-order valence-corrected chi connectivity index (χ2v) is 10.5. The van der Waals surface area contributed by atoms with Crippen molar-refractivity contribution in [2.24, 2.45) is 0 Å². The van der Waals surface area contributed by atoms with Gasteiger partial charge in [0.25, 0.3) is 0 Å². The Labute approximate surface area is 123 Å². The molecule has 0 saturated heterocycles. The number of ether oxygens (including phenoxy) is 2. The third-order valence-corrected chi connectivity index (χ3v) is 3.58. The molecule has 0 aliphatic carbocycles. The first-order chi connectivity index (χ1) is 9.17. The van der Waals surface area contributed by atoms with Crippen molar-refractivity contribution in [1.29, 1.82) is 0 Å². The zero-order valence-electron chi connectivity index (χ0n) is 13.5. The maximum atomic E-state index is 6.06. The molecule has 0 aliphatic heterocycles. The molecule has 0 fully saturated rings. The summed E-state index contributed by atoms with van der Waals surface area (Å²) in [6.07, 6.45) is 0. The SMILES string of the molecule is COc1ccc(C#CC(C)(C)O[Si](C)(C)C)cc1OC. The predicted octanol–water partition coefficient (Wildman–Crippen LogP) is 3.69. The summed E-state index contributed by atoms with van der Waals surface area (Å²) in [6, 6.07) is 5.64. The summed E-state index contributed by atoms with van der Waals surface area (Å²) < 4.78 is 16.5. The Morgan fingerprint density at radius 3 is 2.10 bits per heavy atom. The Hall–Kier alpha value is -1.44. The molecule has 20 heavy (non-hydrogen) atoms. The Balaban J connectivity index is 2.97. The van der Waals surface area contributed by atoms with Gasteiger partial charge in [-0.2, -0.15) is 0 Å². The van der Waals surface area contributed by atoms with E-state index < -0.39 is 13.9 Å². The van der Waals surface area contributed by atoms with Crippen LogP contribution in [-0.4, -0.2) is 28.1 Å². The Bertz CT molecular complexity index is 519. The molecule has 0 aliphatic rings. The quantitative estimate of drug-likeness (QED) is 0.626. The van der Waals surface area contributed by atoms with Crippen LogP contribution in [0.3, 0.4) is 0 Å². The standard InChI is InChI=1S/C16H24O3Si/c1-16(2,19-20(5,6)7)11-10-13-8-9-14(17-3)15(12-13)18-4/h8-9,12H,1-7H3. The molecule has 0 radical (unpaired) electrons. The molecule has 0 bridgehead atoms. The van der Waals surface area contributed by atoms with Gasteiger partial charge in [-0.15, -0.1) is 0 Å². The maximum Gasteiger partial charge on any atom is 0.185 e. The van der Waals surface area contributed by atoms with E-state index in [-0.39, 0.29) is 0 Å². The molecule has 0 atom stereocenters. The van der Waals surface area contributed by atoms with E-state index in [1.54, 1.807) is 14.2 Å². The monoisotopic (exact) mass is 292 g/mol. The second-order valence-electron chi connectivity index (χ2n) is 6.04. The largest absolute Gasteiger partial charge is 0.493 e. The molecule has 1 rings (SSSR count). The molecule has 0 aromatic heterocycles. The van der Waals surface area contributed by atoms with E-state index in [1.165, 1.54) is 0 Å². The van der Waals surface area contributed by atoms with E-state index in [4.69, 9.17) is 13.9 Å². The number of benzene rings is 1. The summed E-state index contributed by atoms with van der Waals surface area (Å²) in [5.74, 6) is 7.72. The number of hydrogen-bond donors (Lipinski definition) is 0. The van der Waals surface area contributed by atoms with Gasteiger partial charge in [0.05, 0.1) is 14.2 Å². The molecule has 0 unspecified atom stereocenters. The number of hydrogen-bond acceptors (Lipinski definition) is 3. The maximum absolute atomic E-state index is 6.06. The summed E-state index contributed by atoms with van der Waals surface area (Å²) in [5, 5.41) is 0. The highest BCUT2D eigenvalue weighted by Gasteiger charge is 2.25. The molecular formula is C16H24O3Si. The van der Waals surface area contributed by atoms with Crippen molar-refractivity contribution in [2.75, 3.05) is 14.2 Å². The van der Waals surface area contributed by atoms with E-state index >= 15 is 0 Å². The molecule has 1 aromatic carbocycles.